The number of hydrogen-bond donors (Lipinski definition) is 1. The first-order chi connectivity index (χ1) is 10.9. The predicted octanol–water partition coefficient (Wildman–Crippen LogP) is 2.84. The third-order valence-electron chi connectivity index (χ3n) is 3.35. The van der Waals surface area contributed by atoms with E-state index in [4.69, 9.17) is 13.9 Å². The van der Waals surface area contributed by atoms with Crippen LogP contribution in [0.3, 0.4) is 0 Å². The van der Waals surface area contributed by atoms with E-state index in [0.717, 1.165) is 35.3 Å². The molecule has 0 aliphatic heterocycles. The maximum absolute atomic E-state index is 5.86. The van der Waals surface area contributed by atoms with Crippen molar-refractivity contribution in [3.8, 4) is 0 Å². The van der Waals surface area contributed by atoms with Gasteiger partial charge in [-0.2, -0.15) is 0 Å². The Balaban J connectivity index is 1.64. The molecule has 0 saturated carbocycles. The molecule has 3 aromatic rings. The summed E-state index contributed by atoms with van der Waals surface area (Å²) in [5, 5.41) is 4.29. The number of benzene rings is 1. The summed E-state index contributed by atoms with van der Waals surface area (Å²) in [4.78, 5) is 8.60. The second kappa shape index (κ2) is 7.20. The van der Waals surface area contributed by atoms with E-state index in [1.807, 2.05) is 24.3 Å². The van der Waals surface area contributed by atoms with Gasteiger partial charge in [0.1, 0.15) is 17.4 Å². The van der Waals surface area contributed by atoms with Crippen molar-refractivity contribution in [2.24, 2.45) is 0 Å². The molecule has 0 aliphatic carbocycles. The van der Waals surface area contributed by atoms with Crippen LogP contribution in [0.1, 0.15) is 6.42 Å². The summed E-state index contributed by atoms with van der Waals surface area (Å²) in [6.07, 6.45) is 2.44. The van der Waals surface area contributed by atoms with Gasteiger partial charge in [0, 0.05) is 25.6 Å². The van der Waals surface area contributed by atoms with Gasteiger partial charge < -0.3 is 19.2 Å². The van der Waals surface area contributed by atoms with E-state index >= 15 is 0 Å². The number of nitrogens with one attached hydrogen (secondary N) is 1. The molecule has 6 nitrogen and oxygen atoms in total. The van der Waals surface area contributed by atoms with Crippen molar-refractivity contribution < 1.29 is 13.9 Å². The Morgan fingerprint density at radius 3 is 2.95 bits per heavy atom. The van der Waals surface area contributed by atoms with E-state index in [9.17, 15) is 0 Å². The van der Waals surface area contributed by atoms with Crippen molar-refractivity contribution in [3.63, 3.8) is 0 Å². The summed E-state index contributed by atoms with van der Waals surface area (Å²) < 4.78 is 16.2. The first-order valence-electron chi connectivity index (χ1n) is 7.33. The van der Waals surface area contributed by atoms with E-state index in [0.29, 0.717) is 25.4 Å². The van der Waals surface area contributed by atoms with E-state index in [2.05, 4.69) is 15.3 Å². The van der Waals surface area contributed by atoms with Crippen LogP contribution in [0.4, 0.5) is 5.82 Å². The first-order valence-corrected chi connectivity index (χ1v) is 7.33. The Bertz CT molecular complexity index is 742. The third-order valence-corrected chi connectivity index (χ3v) is 3.35. The fraction of sp³-hybridized carbons (Fsp3) is 0.375. The number of hydrogen-bond acceptors (Lipinski definition) is 6. The predicted molar refractivity (Wildman–Crippen MR) is 85.1 cm³/mol. The Morgan fingerprint density at radius 1 is 1.14 bits per heavy atom. The van der Waals surface area contributed by atoms with Gasteiger partial charge in [-0.15, -0.1) is 0 Å². The molecule has 0 saturated heterocycles. The van der Waals surface area contributed by atoms with Crippen molar-refractivity contribution in [3.05, 3.63) is 30.6 Å². The van der Waals surface area contributed by atoms with Crippen molar-refractivity contribution >= 4 is 27.9 Å². The normalized spacial score (nSPS) is 11.3. The third kappa shape index (κ3) is 3.18. The van der Waals surface area contributed by atoms with Gasteiger partial charge in [-0.1, -0.05) is 12.1 Å². The molecule has 2 heterocycles. The van der Waals surface area contributed by atoms with Crippen LogP contribution in [0.5, 0.6) is 0 Å². The quantitative estimate of drug-likeness (QED) is 0.645. The molecule has 0 unspecified atom stereocenters. The Hall–Kier alpha value is -2.18. The molecule has 1 aromatic carbocycles. The Kier molecular flexibility index (Phi) is 4.82. The number of fused-ring (bicyclic) bond motifs is 3. The number of ether oxygens (including phenoxy) is 2. The van der Waals surface area contributed by atoms with Gasteiger partial charge >= 0.3 is 0 Å². The van der Waals surface area contributed by atoms with Gasteiger partial charge in [0.2, 0.25) is 0 Å². The Labute approximate surface area is 128 Å². The molecule has 0 aliphatic rings. The highest BCUT2D eigenvalue weighted by atomic mass is 16.5. The van der Waals surface area contributed by atoms with Crippen LogP contribution in [0, 0.1) is 0 Å². The van der Waals surface area contributed by atoms with Crippen molar-refractivity contribution in [1.82, 2.24) is 9.97 Å². The number of furan rings is 1. The molecular weight excluding hydrogens is 282 g/mol. The summed E-state index contributed by atoms with van der Waals surface area (Å²) in [6.45, 7) is 2.69. The standard InChI is InChI=1S/C16H19N3O3/c1-20-9-10-21-8-4-7-17-16-15-14(18-11-19-16)12-5-2-3-6-13(12)22-15/h2-3,5-6,11H,4,7-10H2,1H3,(H,17,18,19). The van der Waals surface area contributed by atoms with Crippen LogP contribution in [0.15, 0.2) is 35.0 Å². The number of aromatic nitrogens is 2. The van der Waals surface area contributed by atoms with Gasteiger partial charge in [0.05, 0.1) is 13.2 Å². The lowest BCUT2D eigenvalue weighted by Gasteiger charge is -2.06. The summed E-state index contributed by atoms with van der Waals surface area (Å²) in [5.41, 5.74) is 2.36. The van der Waals surface area contributed by atoms with Gasteiger partial charge in [0.15, 0.2) is 11.4 Å². The van der Waals surface area contributed by atoms with E-state index in [-0.39, 0.29) is 0 Å². The molecule has 22 heavy (non-hydrogen) atoms. The van der Waals surface area contributed by atoms with Gasteiger partial charge in [-0.05, 0) is 18.6 Å². The second-order valence-corrected chi connectivity index (χ2v) is 4.88. The topological polar surface area (TPSA) is 69.4 Å². The number of anilines is 1. The largest absolute Gasteiger partial charge is 0.450 e. The van der Waals surface area contributed by atoms with Crippen molar-refractivity contribution in [2.75, 3.05) is 38.8 Å². The Morgan fingerprint density at radius 2 is 2.05 bits per heavy atom. The molecule has 0 atom stereocenters. The smallest absolute Gasteiger partial charge is 0.196 e. The lowest BCUT2D eigenvalue weighted by Crippen LogP contribution is -2.09. The first kappa shape index (κ1) is 14.7. The number of para-hydroxylation sites is 1. The fourth-order valence-electron chi connectivity index (χ4n) is 2.27. The lowest BCUT2D eigenvalue weighted by molar-refractivity contribution is 0.0705. The van der Waals surface area contributed by atoms with E-state index in [1.165, 1.54) is 0 Å². The number of nitrogens with zero attached hydrogens (tertiary/aromatic N) is 2. The molecule has 116 valence electrons. The molecule has 0 spiro atoms. The summed E-state index contributed by atoms with van der Waals surface area (Å²) in [6, 6.07) is 7.86. The van der Waals surface area contributed by atoms with Crippen LogP contribution in [-0.2, 0) is 9.47 Å². The van der Waals surface area contributed by atoms with Crippen LogP contribution < -0.4 is 5.32 Å². The molecule has 0 radical (unpaired) electrons. The van der Waals surface area contributed by atoms with Crippen LogP contribution in [0.25, 0.3) is 22.1 Å². The number of rotatable bonds is 8. The minimum absolute atomic E-state index is 0.623. The molecule has 3 rings (SSSR count). The zero-order valence-corrected chi connectivity index (χ0v) is 12.5. The second-order valence-electron chi connectivity index (χ2n) is 4.88. The van der Waals surface area contributed by atoms with Gasteiger partial charge in [-0.3, -0.25) is 0 Å². The van der Waals surface area contributed by atoms with Crippen LogP contribution >= 0.6 is 0 Å². The highest BCUT2D eigenvalue weighted by Crippen LogP contribution is 2.30. The highest BCUT2D eigenvalue weighted by Gasteiger charge is 2.12. The minimum atomic E-state index is 0.623. The lowest BCUT2D eigenvalue weighted by atomic mass is 10.2. The SMILES string of the molecule is COCCOCCCNc1ncnc2c1oc1ccccc12. The van der Waals surface area contributed by atoms with Crippen LogP contribution in [0.2, 0.25) is 0 Å². The van der Waals surface area contributed by atoms with E-state index < -0.39 is 0 Å². The molecule has 0 fully saturated rings. The zero-order chi connectivity index (χ0) is 15.2. The monoisotopic (exact) mass is 301 g/mol. The van der Waals surface area contributed by atoms with E-state index in [1.54, 1.807) is 13.4 Å². The van der Waals surface area contributed by atoms with Gasteiger partial charge in [0.25, 0.3) is 0 Å². The van der Waals surface area contributed by atoms with Crippen LogP contribution in [-0.4, -0.2) is 43.4 Å². The molecule has 0 bridgehead atoms. The average molecular weight is 301 g/mol. The highest BCUT2D eigenvalue weighted by molar-refractivity contribution is 6.05. The van der Waals surface area contributed by atoms with Crippen molar-refractivity contribution in [2.45, 2.75) is 6.42 Å². The zero-order valence-electron chi connectivity index (χ0n) is 12.5. The molecule has 0 amide bonds. The minimum Gasteiger partial charge on any atom is -0.450 e. The molecule has 2 aromatic heterocycles. The summed E-state index contributed by atoms with van der Waals surface area (Å²) in [7, 11) is 1.67. The molecular formula is C16H19N3O3. The van der Waals surface area contributed by atoms with Crippen molar-refractivity contribution in [1.29, 1.82) is 0 Å². The fourth-order valence-corrected chi connectivity index (χ4v) is 2.27. The summed E-state index contributed by atoms with van der Waals surface area (Å²) in [5.74, 6) is 0.720. The maximum Gasteiger partial charge on any atom is 0.196 e. The molecule has 6 heteroatoms. The number of methoxy groups -OCH3 is 1. The van der Waals surface area contributed by atoms with Gasteiger partial charge in [-0.25, -0.2) is 9.97 Å². The maximum atomic E-state index is 5.86. The summed E-state index contributed by atoms with van der Waals surface area (Å²) >= 11 is 0. The average Bonchev–Trinajstić information content (AvgIpc) is 2.93. The molecule has 1 N–H and O–H groups in total.